The van der Waals surface area contributed by atoms with E-state index in [1.807, 2.05) is 0 Å². The average molecular weight is 190 g/mol. The third-order valence-corrected chi connectivity index (χ3v) is 0. The van der Waals surface area contributed by atoms with Gasteiger partial charge >= 0.3 is 0 Å². The predicted octanol–water partition coefficient (Wildman–Crippen LogP) is 1.98. The van der Waals surface area contributed by atoms with Gasteiger partial charge in [0.1, 0.15) is 0 Å². The van der Waals surface area contributed by atoms with E-state index in [1.165, 1.54) is 0 Å². The highest BCUT2D eigenvalue weighted by molar-refractivity contribution is 14.1. The summed E-state index contributed by atoms with van der Waals surface area (Å²) in [6.45, 7) is 4.31. The molecule has 0 spiro atoms. The second-order valence-electron chi connectivity index (χ2n) is 1.01. The molecule has 0 amide bonds. The summed E-state index contributed by atoms with van der Waals surface area (Å²) in [6.07, 6.45) is 0. The zero-order valence-corrected chi connectivity index (χ0v) is 5.52. The Kier molecular flexibility index (Phi) is 8.55. The Bertz CT molecular complexity index is 11.6. The van der Waals surface area contributed by atoms with Gasteiger partial charge in [0.25, 0.3) is 0 Å². The van der Waals surface area contributed by atoms with Crippen molar-refractivity contribution in [3.63, 3.8) is 0 Å². The van der Waals surface area contributed by atoms with E-state index in [-0.39, 0.29) is 4.70 Å². The van der Waals surface area contributed by atoms with Gasteiger partial charge in [-0.25, -0.2) is 0 Å². The van der Waals surface area contributed by atoms with Gasteiger partial charge in [-0.05, 0) is 0 Å². The molecule has 2 heteroatoms. The fraction of sp³-hybridized carbons (Fsp3) is 1.00. The van der Waals surface area contributed by atoms with Gasteiger partial charge in [-0.2, -0.15) is 0 Å². The molecule has 0 aliphatic heterocycles. The van der Waals surface area contributed by atoms with Crippen molar-refractivity contribution in [2.24, 2.45) is 0 Å². The highest BCUT2D eigenvalue weighted by Crippen LogP contribution is 1.91. The van der Waals surface area contributed by atoms with Crippen molar-refractivity contribution in [1.29, 1.82) is 0 Å². The molecule has 0 aromatic heterocycles. The maximum absolute atomic E-state index is 2.34. The molecule has 0 aromatic carbocycles. The summed E-state index contributed by atoms with van der Waals surface area (Å²) in [7, 11) is 0. The summed E-state index contributed by atoms with van der Waals surface area (Å²) in [4.78, 5) is 0. The molecule has 0 rings (SSSR count). The largest absolute Gasteiger partial charge is 0.269 e. The molecule has 0 unspecified atom stereocenters. The summed E-state index contributed by atoms with van der Waals surface area (Å²) in [6, 6.07) is 0. The monoisotopic (exact) mass is 190 g/mol. The predicted molar refractivity (Wildman–Crippen MR) is 31.7 cm³/mol. The zero-order valence-electron chi connectivity index (χ0n) is 3.36. The van der Waals surface area contributed by atoms with Gasteiger partial charge < -0.3 is 0 Å². The minimum atomic E-state index is 0. The van der Waals surface area contributed by atoms with Crippen LogP contribution in [0.5, 0.6) is 0 Å². The van der Waals surface area contributed by atoms with E-state index in [2.05, 4.69) is 36.4 Å². The zero-order chi connectivity index (χ0) is 3.58. The second kappa shape index (κ2) is 4.66. The lowest BCUT2D eigenvalue weighted by Gasteiger charge is -1.76. The quantitative estimate of drug-likeness (QED) is 0.404. The molecule has 0 radical (unpaired) electrons. The second-order valence-corrected chi connectivity index (χ2v) is 3.51. The fourth-order valence-corrected chi connectivity index (χ4v) is 0. The highest BCUT2D eigenvalue weighted by Gasteiger charge is 1.70. The molecule has 5 heavy (non-hydrogen) atoms. The smallest absolute Gasteiger partial charge is 0.00530 e. The van der Waals surface area contributed by atoms with Crippen LogP contribution < -0.4 is 0 Å². The van der Waals surface area contributed by atoms with Gasteiger partial charge in [-0.1, -0.05) is 36.4 Å². The fourth-order valence-electron chi connectivity index (χ4n) is 0. The number of hydrogen-bond acceptors (Lipinski definition) is 0. The number of hydrogen-bond donors (Lipinski definition) is 0. The van der Waals surface area contributed by atoms with E-state index in [0.717, 1.165) is 3.92 Å². The van der Waals surface area contributed by atoms with Crippen LogP contribution in [0.25, 0.3) is 0 Å². The van der Waals surface area contributed by atoms with Gasteiger partial charge in [-0.3, -0.25) is 4.70 Å². The third kappa shape index (κ3) is 75.7. The first-order valence-electron chi connectivity index (χ1n) is 1.37. The lowest BCUT2D eigenvalue weighted by molar-refractivity contribution is 1.11. The Morgan fingerprint density at radius 1 is 1.40 bits per heavy atom. The van der Waals surface area contributed by atoms with E-state index in [4.69, 9.17) is 0 Å². The van der Waals surface area contributed by atoms with Gasteiger partial charge in [0.2, 0.25) is 0 Å². The topological polar surface area (TPSA) is 0 Å². The van der Waals surface area contributed by atoms with Crippen LogP contribution in [-0.2, 0) is 0 Å². The van der Waals surface area contributed by atoms with Crippen LogP contribution in [-0.4, -0.2) is 3.92 Å². The van der Waals surface area contributed by atoms with Crippen LogP contribution >= 0.6 is 22.6 Å². The van der Waals surface area contributed by atoms with Crippen LogP contribution in [0.2, 0.25) is 0 Å². The molecule has 0 atom stereocenters. The molecular weight excluding hydrogens is 182 g/mol. The van der Waals surface area contributed by atoms with E-state index in [1.54, 1.807) is 0 Å². The van der Waals surface area contributed by atoms with Crippen molar-refractivity contribution < 1.29 is 4.70 Å². The van der Waals surface area contributed by atoms with Crippen molar-refractivity contribution in [3.8, 4) is 0 Å². The van der Waals surface area contributed by atoms with Crippen LogP contribution in [0.1, 0.15) is 13.8 Å². The van der Waals surface area contributed by atoms with Crippen molar-refractivity contribution in [3.05, 3.63) is 0 Å². The van der Waals surface area contributed by atoms with Crippen molar-refractivity contribution in [2.75, 3.05) is 0 Å². The normalized spacial score (nSPS) is 7.20. The summed E-state index contributed by atoms with van der Waals surface area (Å²) in [5.41, 5.74) is 0. The van der Waals surface area contributed by atoms with Crippen LogP contribution in [0.4, 0.5) is 4.70 Å². The van der Waals surface area contributed by atoms with Crippen molar-refractivity contribution in [2.45, 2.75) is 17.8 Å². The van der Waals surface area contributed by atoms with Crippen LogP contribution in [0, 0.1) is 0 Å². The van der Waals surface area contributed by atoms with Gasteiger partial charge in [0.05, 0.1) is 0 Å². The van der Waals surface area contributed by atoms with E-state index >= 15 is 0 Å². The molecular formula is C3H8FI. The summed E-state index contributed by atoms with van der Waals surface area (Å²) in [5, 5.41) is 0. The molecule has 0 aromatic rings. The molecule has 0 aliphatic rings. The third-order valence-electron chi connectivity index (χ3n) is 0. The number of halogens is 2. The Morgan fingerprint density at radius 3 is 1.40 bits per heavy atom. The number of alkyl halides is 1. The molecule has 0 saturated carbocycles. The first-order chi connectivity index (χ1) is 1.73. The van der Waals surface area contributed by atoms with Crippen LogP contribution in [0.3, 0.4) is 0 Å². The molecule has 0 heterocycles. The lowest BCUT2D eigenvalue weighted by atomic mass is 10.6. The molecule has 0 fully saturated rings. The summed E-state index contributed by atoms with van der Waals surface area (Å²) < 4.78 is 0.803. The Hall–Kier alpha value is 0.660. The lowest BCUT2D eigenvalue weighted by Crippen LogP contribution is -1.69. The SMILES string of the molecule is CC(C)I.F. The summed E-state index contributed by atoms with van der Waals surface area (Å²) in [5.74, 6) is 0. The minimum Gasteiger partial charge on any atom is -0.269 e. The Morgan fingerprint density at radius 2 is 1.40 bits per heavy atom. The van der Waals surface area contributed by atoms with Gasteiger partial charge in [0, 0.05) is 3.92 Å². The molecule has 0 aliphatic carbocycles. The van der Waals surface area contributed by atoms with Crippen LogP contribution in [0.15, 0.2) is 0 Å². The first-order valence-corrected chi connectivity index (χ1v) is 2.62. The Balaban J connectivity index is 0. The standard InChI is InChI=1S/C3H7I.FH/c1-3(2)4;/h3H,1-2H3;1H. The average Bonchev–Trinajstić information content (AvgIpc) is 0.811. The molecule has 0 bridgehead atoms. The van der Waals surface area contributed by atoms with Gasteiger partial charge in [0.15, 0.2) is 0 Å². The van der Waals surface area contributed by atoms with Gasteiger partial charge in [-0.15, -0.1) is 0 Å². The van der Waals surface area contributed by atoms with E-state index < -0.39 is 0 Å². The molecule has 0 saturated heterocycles. The molecule has 0 nitrogen and oxygen atoms in total. The van der Waals surface area contributed by atoms with Crippen molar-refractivity contribution in [1.82, 2.24) is 0 Å². The molecule has 0 N–H and O–H groups in total. The number of rotatable bonds is 0. The molecule has 34 valence electrons. The maximum atomic E-state index is 2.34. The van der Waals surface area contributed by atoms with E-state index in [9.17, 15) is 0 Å². The summed E-state index contributed by atoms with van der Waals surface area (Å²) >= 11 is 2.34. The highest BCUT2D eigenvalue weighted by atomic mass is 127. The first kappa shape index (κ1) is 9.18. The maximum Gasteiger partial charge on any atom is 0.00530 e. The van der Waals surface area contributed by atoms with E-state index in [0.29, 0.717) is 0 Å². The Labute approximate surface area is 45.5 Å². The minimum absolute atomic E-state index is 0. The van der Waals surface area contributed by atoms with Crippen molar-refractivity contribution >= 4 is 22.6 Å².